The van der Waals surface area contributed by atoms with Gasteiger partial charge in [0.2, 0.25) is 0 Å². The highest BCUT2D eigenvalue weighted by Crippen LogP contribution is 2.29. The normalized spacial score (nSPS) is 12.2. The predicted molar refractivity (Wildman–Crippen MR) is 143 cm³/mol. The number of benzene rings is 3. The summed E-state index contributed by atoms with van der Waals surface area (Å²) in [5.74, 6) is 0.599. The standard InChI is InChI=1S/C28H27Cl2N3O2/c1-18(2)16-17-32(27(34)20-10-4-6-12-22(20)29)19(3)26-31-24-14-8-5-11-21(24)28(35)33(26)25-15-9-7-13-23(25)30/h4-15,18-19H,16-17H2,1-3H3. The van der Waals surface area contributed by atoms with E-state index in [0.717, 1.165) is 6.42 Å². The second-order valence-electron chi connectivity index (χ2n) is 8.92. The molecule has 0 fully saturated rings. The number of nitrogens with zero attached hydrogens (tertiary/aromatic N) is 3. The number of fused-ring (bicyclic) bond motifs is 1. The Hall–Kier alpha value is -3.15. The third kappa shape index (κ3) is 5.12. The van der Waals surface area contributed by atoms with Gasteiger partial charge in [-0.25, -0.2) is 4.98 Å². The molecule has 5 nitrogen and oxygen atoms in total. The third-order valence-corrected chi connectivity index (χ3v) is 6.70. The SMILES string of the molecule is CC(C)CCN(C(=O)c1ccccc1Cl)C(C)c1nc2ccccc2c(=O)n1-c1ccccc1Cl. The molecular formula is C28H27Cl2N3O2. The van der Waals surface area contributed by atoms with Crippen LogP contribution in [0.3, 0.4) is 0 Å². The van der Waals surface area contributed by atoms with Crippen molar-refractivity contribution in [1.29, 1.82) is 0 Å². The highest BCUT2D eigenvalue weighted by atomic mass is 35.5. The summed E-state index contributed by atoms with van der Waals surface area (Å²) in [6.45, 7) is 6.58. The molecule has 35 heavy (non-hydrogen) atoms. The van der Waals surface area contributed by atoms with Crippen LogP contribution >= 0.6 is 23.2 Å². The molecule has 1 atom stereocenters. The molecule has 0 saturated heterocycles. The lowest BCUT2D eigenvalue weighted by atomic mass is 10.1. The smallest absolute Gasteiger partial charge is 0.266 e. The van der Waals surface area contributed by atoms with Crippen LogP contribution in [0.4, 0.5) is 0 Å². The number of para-hydroxylation sites is 2. The second-order valence-corrected chi connectivity index (χ2v) is 9.73. The van der Waals surface area contributed by atoms with Crippen molar-refractivity contribution in [2.45, 2.75) is 33.2 Å². The van der Waals surface area contributed by atoms with E-state index in [1.807, 2.05) is 25.1 Å². The zero-order chi connectivity index (χ0) is 25.1. The van der Waals surface area contributed by atoms with Crippen LogP contribution in [0.15, 0.2) is 77.6 Å². The molecule has 1 heterocycles. The van der Waals surface area contributed by atoms with Gasteiger partial charge in [-0.3, -0.25) is 14.2 Å². The van der Waals surface area contributed by atoms with Crippen LogP contribution in [0.25, 0.3) is 16.6 Å². The maximum absolute atomic E-state index is 13.8. The van der Waals surface area contributed by atoms with Gasteiger partial charge in [0.1, 0.15) is 5.82 Å². The second kappa shape index (κ2) is 10.6. The average molecular weight is 508 g/mol. The Balaban J connectivity index is 1.93. The summed E-state index contributed by atoms with van der Waals surface area (Å²) in [5.41, 5.74) is 1.27. The van der Waals surface area contributed by atoms with Gasteiger partial charge in [0, 0.05) is 6.54 Å². The molecule has 0 radical (unpaired) electrons. The fourth-order valence-corrected chi connectivity index (χ4v) is 4.53. The molecule has 4 rings (SSSR count). The van der Waals surface area contributed by atoms with Gasteiger partial charge in [-0.15, -0.1) is 0 Å². The quantitative estimate of drug-likeness (QED) is 0.272. The topological polar surface area (TPSA) is 55.2 Å². The lowest BCUT2D eigenvalue weighted by molar-refractivity contribution is 0.0671. The van der Waals surface area contributed by atoms with Crippen molar-refractivity contribution in [3.05, 3.63) is 105 Å². The van der Waals surface area contributed by atoms with E-state index in [2.05, 4.69) is 13.8 Å². The number of carbonyl (C=O) groups is 1. The third-order valence-electron chi connectivity index (χ3n) is 6.05. The minimum Gasteiger partial charge on any atom is -0.329 e. The molecule has 0 N–H and O–H groups in total. The van der Waals surface area contributed by atoms with E-state index in [-0.39, 0.29) is 11.5 Å². The number of aromatic nitrogens is 2. The van der Waals surface area contributed by atoms with Crippen LogP contribution in [0.1, 0.15) is 49.4 Å². The van der Waals surface area contributed by atoms with Gasteiger partial charge in [-0.1, -0.05) is 73.4 Å². The van der Waals surface area contributed by atoms with E-state index in [1.54, 1.807) is 59.5 Å². The zero-order valence-electron chi connectivity index (χ0n) is 19.9. The van der Waals surface area contributed by atoms with E-state index in [0.29, 0.717) is 50.5 Å². The molecule has 0 aliphatic rings. The Morgan fingerprint density at radius 2 is 1.54 bits per heavy atom. The summed E-state index contributed by atoms with van der Waals surface area (Å²) < 4.78 is 1.53. The van der Waals surface area contributed by atoms with Gasteiger partial charge in [0.25, 0.3) is 11.5 Å². The van der Waals surface area contributed by atoms with Crippen LogP contribution in [-0.2, 0) is 0 Å². The van der Waals surface area contributed by atoms with Gasteiger partial charge < -0.3 is 4.90 Å². The molecule has 0 bridgehead atoms. The molecule has 3 aromatic carbocycles. The zero-order valence-corrected chi connectivity index (χ0v) is 21.4. The number of carbonyl (C=O) groups excluding carboxylic acids is 1. The van der Waals surface area contributed by atoms with Crippen molar-refractivity contribution in [2.75, 3.05) is 6.54 Å². The van der Waals surface area contributed by atoms with Gasteiger partial charge >= 0.3 is 0 Å². The van der Waals surface area contributed by atoms with Crippen molar-refractivity contribution in [3.8, 4) is 5.69 Å². The number of halogens is 2. The van der Waals surface area contributed by atoms with Crippen LogP contribution in [0, 0.1) is 5.92 Å². The molecule has 1 aromatic heterocycles. The first-order valence-electron chi connectivity index (χ1n) is 11.6. The van der Waals surface area contributed by atoms with E-state index >= 15 is 0 Å². The molecule has 180 valence electrons. The Labute approximate surface area is 214 Å². The van der Waals surface area contributed by atoms with E-state index in [9.17, 15) is 9.59 Å². The lowest BCUT2D eigenvalue weighted by Crippen LogP contribution is -2.38. The highest BCUT2D eigenvalue weighted by Gasteiger charge is 2.29. The predicted octanol–water partition coefficient (Wildman–Crippen LogP) is 6.94. The largest absolute Gasteiger partial charge is 0.329 e. The molecule has 0 saturated carbocycles. The first-order chi connectivity index (χ1) is 16.8. The maximum Gasteiger partial charge on any atom is 0.266 e. The van der Waals surface area contributed by atoms with Crippen LogP contribution in [0.5, 0.6) is 0 Å². The molecule has 1 unspecified atom stereocenters. The average Bonchev–Trinajstić information content (AvgIpc) is 2.84. The van der Waals surface area contributed by atoms with E-state index in [4.69, 9.17) is 28.2 Å². The summed E-state index contributed by atoms with van der Waals surface area (Å²) in [5, 5.41) is 1.29. The minimum absolute atomic E-state index is 0.211. The Kier molecular flexibility index (Phi) is 7.58. The van der Waals surface area contributed by atoms with Crippen LogP contribution in [0.2, 0.25) is 10.0 Å². The van der Waals surface area contributed by atoms with Crippen molar-refractivity contribution in [1.82, 2.24) is 14.5 Å². The van der Waals surface area contributed by atoms with Gasteiger partial charge in [-0.05, 0) is 55.7 Å². The molecule has 7 heteroatoms. The summed E-state index contributed by atoms with van der Waals surface area (Å²) in [6, 6.07) is 20.8. The molecular weight excluding hydrogens is 481 g/mol. The summed E-state index contributed by atoms with van der Waals surface area (Å²) >= 11 is 12.9. The van der Waals surface area contributed by atoms with Crippen LogP contribution in [-0.4, -0.2) is 26.9 Å². The Morgan fingerprint density at radius 3 is 2.23 bits per heavy atom. The Morgan fingerprint density at radius 1 is 0.914 bits per heavy atom. The summed E-state index contributed by atoms with van der Waals surface area (Å²) in [4.78, 5) is 34.1. The van der Waals surface area contributed by atoms with Crippen molar-refractivity contribution >= 4 is 40.0 Å². The van der Waals surface area contributed by atoms with Gasteiger partial charge in [0.15, 0.2) is 0 Å². The van der Waals surface area contributed by atoms with Gasteiger partial charge in [-0.2, -0.15) is 0 Å². The van der Waals surface area contributed by atoms with Crippen molar-refractivity contribution in [2.24, 2.45) is 5.92 Å². The number of rotatable bonds is 7. The number of hydrogen-bond donors (Lipinski definition) is 0. The molecule has 4 aromatic rings. The lowest BCUT2D eigenvalue weighted by Gasteiger charge is -2.31. The van der Waals surface area contributed by atoms with Gasteiger partial charge in [0.05, 0.1) is 38.2 Å². The van der Waals surface area contributed by atoms with E-state index in [1.165, 1.54) is 4.57 Å². The molecule has 0 spiro atoms. The monoisotopic (exact) mass is 507 g/mol. The summed E-state index contributed by atoms with van der Waals surface area (Å²) in [7, 11) is 0. The maximum atomic E-state index is 13.8. The fourth-order valence-electron chi connectivity index (χ4n) is 4.09. The first-order valence-corrected chi connectivity index (χ1v) is 12.4. The number of amides is 1. The first kappa shape index (κ1) is 25.0. The summed E-state index contributed by atoms with van der Waals surface area (Å²) in [6.07, 6.45) is 0.782. The fraction of sp³-hybridized carbons (Fsp3) is 0.250. The van der Waals surface area contributed by atoms with E-state index < -0.39 is 6.04 Å². The van der Waals surface area contributed by atoms with Crippen molar-refractivity contribution in [3.63, 3.8) is 0 Å². The Bertz CT molecular complexity index is 1430. The molecule has 1 amide bonds. The minimum atomic E-state index is -0.536. The van der Waals surface area contributed by atoms with Crippen LogP contribution < -0.4 is 5.56 Å². The van der Waals surface area contributed by atoms with Crippen molar-refractivity contribution < 1.29 is 4.79 Å². The molecule has 0 aliphatic carbocycles. The highest BCUT2D eigenvalue weighted by molar-refractivity contribution is 6.33. The molecule has 0 aliphatic heterocycles. The number of hydrogen-bond acceptors (Lipinski definition) is 3.